The first-order valence-electron chi connectivity index (χ1n) is 10.00. The molecule has 1 aliphatic rings. The Bertz CT molecular complexity index is 806. The van der Waals surface area contributed by atoms with Gasteiger partial charge in [-0.2, -0.15) is 0 Å². The van der Waals surface area contributed by atoms with Crippen molar-refractivity contribution in [2.24, 2.45) is 0 Å². The summed E-state index contributed by atoms with van der Waals surface area (Å²) in [6, 6.07) is 14.6. The molecule has 0 fully saturated rings. The number of carbonyl (C=O) groups is 1. The molecular weight excluding hydrogens is 352 g/mol. The Kier molecular flexibility index (Phi) is 6.93. The van der Waals surface area contributed by atoms with Crippen LogP contribution in [0.4, 0.5) is 0 Å². The summed E-state index contributed by atoms with van der Waals surface area (Å²) < 4.78 is 10.6. The van der Waals surface area contributed by atoms with Crippen LogP contribution in [0.2, 0.25) is 0 Å². The molecule has 0 spiro atoms. The van der Waals surface area contributed by atoms with Gasteiger partial charge in [-0.25, -0.2) is 0 Å². The van der Waals surface area contributed by atoms with Crippen molar-refractivity contribution in [3.8, 4) is 11.5 Å². The Morgan fingerprint density at radius 1 is 1.14 bits per heavy atom. The maximum Gasteiger partial charge on any atom is 0.275 e. The number of rotatable bonds is 8. The summed E-state index contributed by atoms with van der Waals surface area (Å²) in [6.07, 6.45) is 4.14. The molecule has 2 atom stereocenters. The number of nitrogens with one attached hydrogen (secondary N) is 2. The number of methoxy groups -OCH3 is 2. The molecule has 150 valence electrons. The molecule has 2 N–H and O–H groups in total. The van der Waals surface area contributed by atoms with Crippen molar-refractivity contribution in [2.45, 2.75) is 31.7 Å². The van der Waals surface area contributed by atoms with Crippen LogP contribution >= 0.6 is 0 Å². The lowest BCUT2D eigenvalue weighted by atomic mass is 9.88. The van der Waals surface area contributed by atoms with E-state index in [4.69, 9.17) is 9.47 Å². The molecule has 0 saturated heterocycles. The fraction of sp³-hybridized carbons (Fsp3) is 0.435. The first kappa shape index (κ1) is 20.2. The second-order valence-electron chi connectivity index (χ2n) is 7.53. The molecule has 0 aromatic heterocycles. The fourth-order valence-corrected chi connectivity index (χ4v) is 3.91. The molecule has 5 heteroatoms. The second-order valence-corrected chi connectivity index (χ2v) is 7.53. The molecule has 0 aliphatic heterocycles. The number of benzene rings is 2. The van der Waals surface area contributed by atoms with Crippen molar-refractivity contribution in [3.63, 3.8) is 0 Å². The third kappa shape index (κ3) is 5.04. The summed E-state index contributed by atoms with van der Waals surface area (Å²) in [5, 5.41) is 3.24. The van der Waals surface area contributed by atoms with Crippen molar-refractivity contribution >= 4 is 5.91 Å². The summed E-state index contributed by atoms with van der Waals surface area (Å²) in [5.74, 6) is 1.59. The van der Waals surface area contributed by atoms with Crippen molar-refractivity contribution in [1.82, 2.24) is 5.32 Å². The van der Waals surface area contributed by atoms with E-state index in [-0.39, 0.29) is 11.9 Å². The standard InChI is InChI=1S/C23H30N2O3/c1-25(14-13-17-11-12-21(27-2)22(15-17)28-3)16-23(26)24-20-10-6-8-18-7-4-5-9-19(18)20/h4-5,7,9,11-12,15,20H,6,8,10,13-14,16H2,1-3H3,(H,24,26)/p+1/t20-/m1/s1. The minimum atomic E-state index is 0.117. The monoisotopic (exact) mass is 383 g/mol. The van der Waals surface area contributed by atoms with Crippen LogP contribution in [-0.2, 0) is 17.6 Å². The maximum atomic E-state index is 12.6. The number of fused-ring (bicyclic) bond motifs is 1. The Hall–Kier alpha value is -2.53. The van der Waals surface area contributed by atoms with Gasteiger partial charge in [0, 0.05) is 6.42 Å². The maximum absolute atomic E-state index is 12.6. The minimum Gasteiger partial charge on any atom is -0.493 e. The molecule has 1 unspecified atom stereocenters. The highest BCUT2D eigenvalue weighted by molar-refractivity contribution is 5.77. The quantitative estimate of drug-likeness (QED) is 0.733. The van der Waals surface area contributed by atoms with Gasteiger partial charge in [0.05, 0.1) is 33.9 Å². The van der Waals surface area contributed by atoms with Crippen LogP contribution < -0.4 is 19.7 Å². The molecule has 1 aliphatic carbocycles. The minimum absolute atomic E-state index is 0.117. The molecule has 1 amide bonds. The molecule has 3 rings (SSSR count). The Morgan fingerprint density at radius 3 is 2.71 bits per heavy atom. The van der Waals surface area contributed by atoms with E-state index in [0.29, 0.717) is 6.54 Å². The van der Waals surface area contributed by atoms with E-state index < -0.39 is 0 Å². The normalized spacial score (nSPS) is 16.8. The van der Waals surface area contributed by atoms with E-state index in [1.54, 1.807) is 14.2 Å². The lowest BCUT2D eigenvalue weighted by Crippen LogP contribution is -3.10. The fourth-order valence-electron chi connectivity index (χ4n) is 3.91. The zero-order chi connectivity index (χ0) is 19.9. The lowest BCUT2D eigenvalue weighted by Gasteiger charge is -2.26. The van der Waals surface area contributed by atoms with Crippen LogP contribution in [0.3, 0.4) is 0 Å². The third-order valence-electron chi connectivity index (χ3n) is 5.46. The van der Waals surface area contributed by atoms with Gasteiger partial charge in [-0.05, 0) is 48.1 Å². The highest BCUT2D eigenvalue weighted by Crippen LogP contribution is 2.29. The van der Waals surface area contributed by atoms with Crippen LogP contribution in [0.15, 0.2) is 42.5 Å². The van der Waals surface area contributed by atoms with E-state index in [1.165, 1.54) is 21.6 Å². The van der Waals surface area contributed by atoms with Gasteiger partial charge in [0.15, 0.2) is 18.0 Å². The zero-order valence-electron chi connectivity index (χ0n) is 17.1. The van der Waals surface area contributed by atoms with E-state index in [9.17, 15) is 4.79 Å². The van der Waals surface area contributed by atoms with Crippen LogP contribution in [0, 0.1) is 0 Å². The number of carbonyl (C=O) groups excluding carboxylic acids is 1. The molecule has 0 saturated carbocycles. The van der Waals surface area contributed by atoms with Gasteiger partial charge in [-0.1, -0.05) is 30.3 Å². The van der Waals surface area contributed by atoms with Gasteiger partial charge in [0.1, 0.15) is 0 Å². The van der Waals surface area contributed by atoms with Crippen LogP contribution in [0.25, 0.3) is 0 Å². The van der Waals surface area contributed by atoms with Gasteiger partial charge >= 0.3 is 0 Å². The first-order chi connectivity index (χ1) is 13.6. The Labute approximate surface area is 167 Å². The number of hydrogen-bond donors (Lipinski definition) is 2. The van der Waals surface area contributed by atoms with Crippen molar-refractivity contribution in [1.29, 1.82) is 0 Å². The number of aryl methyl sites for hydroxylation is 1. The number of hydrogen-bond acceptors (Lipinski definition) is 3. The highest BCUT2D eigenvalue weighted by Gasteiger charge is 2.22. The average molecular weight is 384 g/mol. The van der Waals surface area contributed by atoms with Crippen molar-refractivity contribution in [3.05, 3.63) is 59.2 Å². The number of likely N-dealkylation sites (N-methyl/N-ethyl adjacent to an activating group) is 1. The average Bonchev–Trinajstić information content (AvgIpc) is 2.72. The molecule has 0 bridgehead atoms. The molecule has 28 heavy (non-hydrogen) atoms. The van der Waals surface area contributed by atoms with Crippen LogP contribution in [0.5, 0.6) is 11.5 Å². The summed E-state index contributed by atoms with van der Waals surface area (Å²) in [4.78, 5) is 13.7. The van der Waals surface area contributed by atoms with Crippen molar-refractivity contribution < 1.29 is 19.2 Å². The summed E-state index contributed by atoms with van der Waals surface area (Å²) in [7, 11) is 5.35. The Balaban J connectivity index is 1.50. The molecule has 0 heterocycles. The molecule has 2 aromatic carbocycles. The predicted octanol–water partition coefficient (Wildman–Crippen LogP) is 1.95. The predicted molar refractivity (Wildman–Crippen MR) is 110 cm³/mol. The largest absolute Gasteiger partial charge is 0.493 e. The molecule has 5 nitrogen and oxygen atoms in total. The number of ether oxygens (including phenoxy) is 2. The molecular formula is C23H31N2O3+. The molecule has 2 aromatic rings. The first-order valence-corrected chi connectivity index (χ1v) is 10.00. The zero-order valence-corrected chi connectivity index (χ0v) is 17.1. The number of amides is 1. The second kappa shape index (κ2) is 9.60. The lowest BCUT2D eigenvalue weighted by molar-refractivity contribution is -0.871. The van der Waals surface area contributed by atoms with E-state index in [1.807, 2.05) is 18.2 Å². The topological polar surface area (TPSA) is 52.0 Å². The van der Waals surface area contributed by atoms with Gasteiger partial charge in [-0.15, -0.1) is 0 Å². The Morgan fingerprint density at radius 2 is 1.93 bits per heavy atom. The summed E-state index contributed by atoms with van der Waals surface area (Å²) >= 11 is 0. The van der Waals surface area contributed by atoms with Gasteiger partial charge in [0.2, 0.25) is 0 Å². The van der Waals surface area contributed by atoms with Crippen LogP contribution in [-0.4, -0.2) is 40.3 Å². The van der Waals surface area contributed by atoms with E-state index in [2.05, 4.69) is 36.6 Å². The summed E-state index contributed by atoms with van der Waals surface area (Å²) in [5.41, 5.74) is 3.83. The molecule has 0 radical (unpaired) electrons. The smallest absolute Gasteiger partial charge is 0.275 e. The van der Waals surface area contributed by atoms with Crippen LogP contribution in [0.1, 0.15) is 35.6 Å². The van der Waals surface area contributed by atoms with Gasteiger partial charge < -0.3 is 19.7 Å². The third-order valence-corrected chi connectivity index (χ3v) is 5.46. The SMILES string of the molecule is COc1ccc(CC[NH+](C)CC(=O)N[C@@H]2CCCc3ccccc32)cc1OC. The number of quaternary nitrogens is 1. The van der Waals surface area contributed by atoms with E-state index >= 15 is 0 Å². The van der Waals surface area contributed by atoms with E-state index in [0.717, 1.165) is 43.7 Å². The highest BCUT2D eigenvalue weighted by atomic mass is 16.5. The van der Waals surface area contributed by atoms with Gasteiger partial charge in [-0.3, -0.25) is 4.79 Å². The van der Waals surface area contributed by atoms with Gasteiger partial charge in [0.25, 0.3) is 5.91 Å². The van der Waals surface area contributed by atoms with Crippen molar-refractivity contribution in [2.75, 3.05) is 34.4 Å². The summed E-state index contributed by atoms with van der Waals surface area (Å²) in [6.45, 7) is 1.36.